The third kappa shape index (κ3) is 4.24. The standard InChI is InChI=1S/C32H34ClFN6O2/c33-25-7-2-5-19-4-1-6-23(26(19)25)28-27(34)29-24(14-35-28)30(39-15-20-8-9-21(16-39)36-20)38-31(37-29)42-18-32-11-3-13-40(32)22(17-41)10-12-32/h1-2,4-7,14,20-22,36,41H,3,8-13,15-18H2/t20?,21?,22-,32?/m1/s1. The number of hydrogen-bond acceptors (Lipinski definition) is 8. The van der Waals surface area contributed by atoms with Crippen molar-refractivity contribution in [2.75, 3.05) is 37.7 Å². The van der Waals surface area contributed by atoms with E-state index in [-0.39, 0.29) is 35.4 Å². The number of benzene rings is 2. The van der Waals surface area contributed by atoms with Crippen molar-refractivity contribution in [3.8, 4) is 17.3 Å². The Labute approximate surface area is 248 Å². The largest absolute Gasteiger partial charge is 0.461 e. The monoisotopic (exact) mass is 588 g/mol. The van der Waals surface area contributed by atoms with Crippen molar-refractivity contribution in [1.29, 1.82) is 0 Å². The van der Waals surface area contributed by atoms with E-state index < -0.39 is 5.82 Å². The number of aliphatic hydroxyl groups excluding tert-OH is 1. The van der Waals surface area contributed by atoms with E-state index in [1.807, 2.05) is 36.4 Å². The van der Waals surface area contributed by atoms with Crippen LogP contribution in [0.15, 0.2) is 42.6 Å². The Morgan fingerprint density at radius 3 is 2.69 bits per heavy atom. The fraction of sp³-hybridized carbons (Fsp3) is 0.469. The van der Waals surface area contributed by atoms with Gasteiger partial charge in [0.1, 0.15) is 23.6 Å². The minimum atomic E-state index is -0.506. The number of nitrogens with zero attached hydrogens (tertiary/aromatic N) is 5. The van der Waals surface area contributed by atoms with Gasteiger partial charge in [0, 0.05) is 53.4 Å². The van der Waals surface area contributed by atoms with Gasteiger partial charge in [-0.25, -0.2) is 4.39 Å². The highest BCUT2D eigenvalue weighted by molar-refractivity contribution is 6.36. The zero-order chi connectivity index (χ0) is 28.4. The summed E-state index contributed by atoms with van der Waals surface area (Å²) in [5.41, 5.74) is 0.901. The van der Waals surface area contributed by atoms with Crippen LogP contribution in [0.5, 0.6) is 6.01 Å². The number of aromatic nitrogens is 3. The first kappa shape index (κ1) is 26.5. The van der Waals surface area contributed by atoms with E-state index in [9.17, 15) is 5.11 Å². The van der Waals surface area contributed by atoms with Gasteiger partial charge in [-0.05, 0) is 56.5 Å². The van der Waals surface area contributed by atoms with Gasteiger partial charge in [-0.3, -0.25) is 9.88 Å². The van der Waals surface area contributed by atoms with Crippen molar-refractivity contribution >= 4 is 39.1 Å². The molecule has 2 N–H and O–H groups in total. The maximum Gasteiger partial charge on any atom is 0.319 e. The molecule has 4 aliphatic heterocycles. The quantitative estimate of drug-likeness (QED) is 0.327. The SMILES string of the molecule is OC[C@H]1CCC2(COc3nc(N4CC5CCC(C4)N5)c4cnc(-c5cccc6cccc(Cl)c56)c(F)c4n3)CCCN12. The van der Waals surface area contributed by atoms with Gasteiger partial charge in [-0.15, -0.1) is 0 Å². The van der Waals surface area contributed by atoms with Crippen LogP contribution in [0.3, 0.4) is 0 Å². The summed E-state index contributed by atoms with van der Waals surface area (Å²) in [5.74, 6) is 0.163. The molecule has 2 aromatic heterocycles. The molecule has 0 saturated carbocycles. The van der Waals surface area contributed by atoms with Crippen LogP contribution in [0.25, 0.3) is 32.9 Å². The zero-order valence-electron chi connectivity index (χ0n) is 23.4. The van der Waals surface area contributed by atoms with Gasteiger partial charge in [0.05, 0.1) is 17.5 Å². The molecular weight excluding hydrogens is 555 g/mol. The molecule has 2 aromatic carbocycles. The lowest BCUT2D eigenvalue weighted by atomic mass is 9.95. The van der Waals surface area contributed by atoms with Crippen LogP contribution in [0.2, 0.25) is 5.02 Å². The maximum absolute atomic E-state index is 16.6. The van der Waals surface area contributed by atoms with Crippen molar-refractivity contribution in [2.24, 2.45) is 0 Å². The third-order valence-electron chi connectivity index (χ3n) is 9.98. The minimum Gasteiger partial charge on any atom is -0.461 e. The second-order valence-electron chi connectivity index (χ2n) is 12.4. The average Bonchev–Trinajstić information content (AvgIpc) is 3.68. The predicted molar refractivity (Wildman–Crippen MR) is 162 cm³/mol. The first-order valence-corrected chi connectivity index (χ1v) is 15.5. The van der Waals surface area contributed by atoms with Crippen molar-refractivity contribution in [3.05, 3.63) is 53.4 Å². The van der Waals surface area contributed by atoms with E-state index in [1.54, 1.807) is 6.20 Å². The number of pyridine rings is 1. The minimum absolute atomic E-state index is 0.137. The molecule has 8 nitrogen and oxygen atoms in total. The molecular formula is C32H34ClFN6O2. The molecule has 6 heterocycles. The van der Waals surface area contributed by atoms with E-state index in [1.165, 1.54) is 0 Å². The summed E-state index contributed by atoms with van der Waals surface area (Å²) in [5, 5.41) is 16.4. The predicted octanol–water partition coefficient (Wildman–Crippen LogP) is 4.95. The summed E-state index contributed by atoms with van der Waals surface area (Å²) in [7, 11) is 0. The molecule has 0 radical (unpaired) electrons. The molecule has 218 valence electrons. The third-order valence-corrected chi connectivity index (χ3v) is 10.3. The van der Waals surface area contributed by atoms with Crippen molar-refractivity contribution in [3.63, 3.8) is 0 Å². The lowest BCUT2D eigenvalue weighted by molar-refractivity contribution is 0.0644. The van der Waals surface area contributed by atoms with Crippen molar-refractivity contribution < 1.29 is 14.2 Å². The Morgan fingerprint density at radius 1 is 1.07 bits per heavy atom. The van der Waals surface area contributed by atoms with E-state index in [4.69, 9.17) is 26.3 Å². The fourth-order valence-electron chi connectivity index (χ4n) is 7.98. The second-order valence-corrected chi connectivity index (χ2v) is 12.8. The van der Waals surface area contributed by atoms with Crippen LogP contribution in [-0.2, 0) is 0 Å². The van der Waals surface area contributed by atoms with Crippen LogP contribution in [0.4, 0.5) is 10.2 Å². The van der Waals surface area contributed by atoms with Crippen LogP contribution < -0.4 is 15.0 Å². The molecule has 0 aliphatic carbocycles. The number of fused-ring (bicyclic) bond motifs is 5. The number of rotatable bonds is 6. The first-order valence-electron chi connectivity index (χ1n) is 15.1. The molecule has 42 heavy (non-hydrogen) atoms. The Morgan fingerprint density at radius 2 is 1.88 bits per heavy atom. The van der Waals surface area contributed by atoms with E-state index in [2.05, 4.69) is 20.1 Å². The summed E-state index contributed by atoms with van der Waals surface area (Å²) < 4.78 is 23.0. The van der Waals surface area contributed by atoms with E-state index in [0.29, 0.717) is 40.5 Å². The van der Waals surface area contributed by atoms with E-state index >= 15 is 4.39 Å². The van der Waals surface area contributed by atoms with Crippen LogP contribution in [-0.4, -0.2) is 81.5 Å². The molecule has 4 fully saturated rings. The smallest absolute Gasteiger partial charge is 0.319 e. The van der Waals surface area contributed by atoms with Gasteiger partial charge in [0.15, 0.2) is 5.82 Å². The molecule has 10 heteroatoms. The number of piperazine rings is 1. The zero-order valence-corrected chi connectivity index (χ0v) is 24.2. The van der Waals surface area contributed by atoms with Crippen molar-refractivity contribution in [1.82, 2.24) is 25.2 Å². The molecule has 8 rings (SSSR count). The van der Waals surface area contributed by atoms with Gasteiger partial charge in [-0.2, -0.15) is 9.97 Å². The van der Waals surface area contributed by atoms with E-state index in [0.717, 1.165) is 68.9 Å². The highest BCUT2D eigenvalue weighted by Crippen LogP contribution is 2.43. The highest BCUT2D eigenvalue weighted by Gasteiger charge is 2.49. The van der Waals surface area contributed by atoms with Gasteiger partial charge < -0.3 is 20.1 Å². The van der Waals surface area contributed by atoms with Gasteiger partial charge in [0.25, 0.3) is 0 Å². The first-order chi connectivity index (χ1) is 20.5. The molecule has 4 aliphatic rings. The molecule has 4 aromatic rings. The Bertz CT molecular complexity index is 1670. The fourth-order valence-corrected chi connectivity index (χ4v) is 8.27. The molecule has 4 saturated heterocycles. The van der Waals surface area contributed by atoms with Crippen LogP contribution in [0, 0.1) is 5.82 Å². The summed E-state index contributed by atoms with van der Waals surface area (Å²) >= 11 is 6.61. The molecule has 0 spiro atoms. The summed E-state index contributed by atoms with van der Waals surface area (Å²) in [4.78, 5) is 18.9. The summed E-state index contributed by atoms with van der Waals surface area (Å²) in [6.45, 7) is 3.11. The highest BCUT2D eigenvalue weighted by atomic mass is 35.5. The lowest BCUT2D eigenvalue weighted by Gasteiger charge is -2.35. The molecule has 4 atom stereocenters. The van der Waals surface area contributed by atoms with Crippen molar-refractivity contribution in [2.45, 2.75) is 62.2 Å². The second kappa shape index (κ2) is 10.3. The number of anilines is 1. The van der Waals surface area contributed by atoms with Gasteiger partial charge >= 0.3 is 6.01 Å². The Balaban J connectivity index is 1.23. The van der Waals surface area contributed by atoms with Gasteiger partial charge in [-0.1, -0.05) is 41.9 Å². The molecule has 0 amide bonds. The topological polar surface area (TPSA) is 86.6 Å². The average molecular weight is 589 g/mol. The number of aliphatic hydroxyl groups is 1. The summed E-state index contributed by atoms with van der Waals surface area (Å²) in [6.07, 6.45) is 7.94. The number of hydrogen-bond donors (Lipinski definition) is 2. The summed E-state index contributed by atoms with van der Waals surface area (Å²) in [6, 6.07) is 12.5. The van der Waals surface area contributed by atoms with Gasteiger partial charge in [0.2, 0.25) is 0 Å². The number of nitrogens with one attached hydrogen (secondary N) is 1. The Hall–Kier alpha value is -3.11. The normalized spacial score (nSPS) is 27.3. The van der Waals surface area contributed by atoms with Crippen LogP contribution >= 0.6 is 11.6 Å². The van der Waals surface area contributed by atoms with Crippen LogP contribution in [0.1, 0.15) is 38.5 Å². The number of ether oxygens (including phenoxy) is 1. The maximum atomic E-state index is 16.6. The molecule has 3 unspecified atom stereocenters. The number of halogens is 2. The lowest BCUT2D eigenvalue weighted by Crippen LogP contribution is -2.51. The Kier molecular flexibility index (Phi) is 6.48. The molecule has 2 bridgehead atoms.